The molecule has 1 N–H and O–H groups in total. The number of aryl methyl sites for hydroxylation is 1. The van der Waals surface area contributed by atoms with Gasteiger partial charge in [-0.3, -0.25) is 4.98 Å². The fraction of sp³-hybridized carbons (Fsp3) is 0.364. The Balaban J connectivity index is 2.23. The fourth-order valence-electron chi connectivity index (χ4n) is 1.51. The summed E-state index contributed by atoms with van der Waals surface area (Å²) in [5.41, 5.74) is 0.771. The zero-order valence-corrected chi connectivity index (χ0v) is 10.0. The van der Waals surface area contributed by atoms with Crippen LogP contribution in [0.5, 0.6) is 5.75 Å². The molecule has 0 aliphatic heterocycles. The normalized spacial score (nSPS) is 10.6. The van der Waals surface area contributed by atoms with Gasteiger partial charge in [0.1, 0.15) is 12.0 Å². The molecule has 86 valence electrons. The Hall–Kier alpha value is -1.49. The van der Waals surface area contributed by atoms with E-state index >= 15 is 0 Å². The SMILES string of the molecule is CCOc1cc(C)sc1Cc1coc(=O)[nH]1. The molecule has 2 aromatic rings. The fourth-order valence-corrected chi connectivity index (χ4v) is 2.51. The number of hydrogen-bond acceptors (Lipinski definition) is 4. The van der Waals surface area contributed by atoms with Crippen LogP contribution in [0, 0.1) is 6.92 Å². The van der Waals surface area contributed by atoms with Crippen molar-refractivity contribution in [3.63, 3.8) is 0 Å². The van der Waals surface area contributed by atoms with Gasteiger partial charge in [-0.1, -0.05) is 0 Å². The van der Waals surface area contributed by atoms with E-state index in [0.29, 0.717) is 13.0 Å². The average molecular weight is 239 g/mol. The minimum Gasteiger partial charge on any atom is -0.493 e. The highest BCUT2D eigenvalue weighted by molar-refractivity contribution is 7.12. The summed E-state index contributed by atoms with van der Waals surface area (Å²) in [5, 5.41) is 0. The Morgan fingerprint density at radius 1 is 1.56 bits per heavy atom. The Labute approximate surface area is 96.9 Å². The average Bonchev–Trinajstić information content (AvgIpc) is 2.76. The van der Waals surface area contributed by atoms with E-state index in [-0.39, 0.29) is 0 Å². The quantitative estimate of drug-likeness (QED) is 0.890. The van der Waals surface area contributed by atoms with Gasteiger partial charge < -0.3 is 9.15 Å². The summed E-state index contributed by atoms with van der Waals surface area (Å²) >= 11 is 1.67. The van der Waals surface area contributed by atoms with Crippen molar-refractivity contribution in [1.29, 1.82) is 0 Å². The molecule has 5 heteroatoms. The van der Waals surface area contributed by atoms with Gasteiger partial charge in [-0.05, 0) is 19.9 Å². The summed E-state index contributed by atoms with van der Waals surface area (Å²) in [6.07, 6.45) is 2.09. The van der Waals surface area contributed by atoms with Crippen LogP contribution in [0.2, 0.25) is 0 Å². The van der Waals surface area contributed by atoms with Crippen LogP contribution in [0.15, 0.2) is 21.5 Å². The second-order valence-corrected chi connectivity index (χ2v) is 4.77. The third-order valence-electron chi connectivity index (χ3n) is 2.12. The van der Waals surface area contributed by atoms with Gasteiger partial charge in [0.05, 0.1) is 17.2 Å². The Bertz CT molecular complexity index is 523. The maximum Gasteiger partial charge on any atom is 0.416 e. The van der Waals surface area contributed by atoms with E-state index in [1.165, 1.54) is 11.1 Å². The molecule has 16 heavy (non-hydrogen) atoms. The number of thiophene rings is 1. The topological polar surface area (TPSA) is 55.2 Å². The number of oxazole rings is 1. The molecule has 0 atom stereocenters. The number of aromatic amines is 1. The first kappa shape index (κ1) is 11.0. The second-order valence-electron chi connectivity index (χ2n) is 3.43. The van der Waals surface area contributed by atoms with Crippen LogP contribution in [0.1, 0.15) is 22.4 Å². The summed E-state index contributed by atoms with van der Waals surface area (Å²) in [6.45, 7) is 4.64. The van der Waals surface area contributed by atoms with E-state index in [4.69, 9.17) is 9.15 Å². The van der Waals surface area contributed by atoms with Gasteiger partial charge in [-0.25, -0.2) is 4.79 Å². The molecular weight excluding hydrogens is 226 g/mol. The van der Waals surface area contributed by atoms with Gasteiger partial charge >= 0.3 is 5.76 Å². The first-order valence-electron chi connectivity index (χ1n) is 5.08. The molecule has 0 unspecified atom stereocenters. The molecule has 0 spiro atoms. The molecule has 2 rings (SSSR count). The number of rotatable bonds is 4. The molecule has 0 bridgehead atoms. The first-order chi connectivity index (χ1) is 7.69. The molecule has 0 amide bonds. The highest BCUT2D eigenvalue weighted by Gasteiger charge is 2.10. The van der Waals surface area contributed by atoms with Gasteiger partial charge in [0.25, 0.3) is 0 Å². The lowest BCUT2D eigenvalue weighted by Gasteiger charge is -2.02. The summed E-state index contributed by atoms with van der Waals surface area (Å²) in [7, 11) is 0. The zero-order valence-electron chi connectivity index (χ0n) is 9.20. The van der Waals surface area contributed by atoms with Crippen molar-refractivity contribution < 1.29 is 9.15 Å². The van der Waals surface area contributed by atoms with E-state index < -0.39 is 5.76 Å². The van der Waals surface area contributed by atoms with Crippen LogP contribution < -0.4 is 10.5 Å². The van der Waals surface area contributed by atoms with Crippen molar-refractivity contribution in [2.24, 2.45) is 0 Å². The van der Waals surface area contributed by atoms with Crippen LogP contribution in [-0.2, 0) is 6.42 Å². The van der Waals surface area contributed by atoms with Gasteiger partial charge in [-0.2, -0.15) is 0 Å². The van der Waals surface area contributed by atoms with E-state index in [1.807, 2.05) is 19.9 Å². The standard InChI is InChI=1S/C11H13NO3S/c1-3-14-9-4-7(2)16-10(9)5-8-6-15-11(13)12-8/h4,6H,3,5H2,1-2H3,(H,12,13). The second kappa shape index (κ2) is 4.57. The Morgan fingerprint density at radius 2 is 2.38 bits per heavy atom. The summed E-state index contributed by atoms with van der Waals surface area (Å²) in [5.74, 6) is 0.480. The van der Waals surface area contributed by atoms with E-state index in [0.717, 1.165) is 16.3 Å². The Kier molecular flexibility index (Phi) is 3.14. The summed E-state index contributed by atoms with van der Waals surface area (Å²) in [6, 6.07) is 2.02. The molecule has 0 aliphatic carbocycles. The number of ether oxygens (including phenoxy) is 1. The van der Waals surface area contributed by atoms with Crippen molar-refractivity contribution in [2.75, 3.05) is 6.61 Å². The minimum atomic E-state index is -0.416. The van der Waals surface area contributed by atoms with Crippen molar-refractivity contribution in [1.82, 2.24) is 4.98 Å². The maximum atomic E-state index is 10.8. The predicted molar refractivity (Wildman–Crippen MR) is 62.4 cm³/mol. The number of aromatic nitrogens is 1. The molecule has 2 aromatic heterocycles. The van der Waals surface area contributed by atoms with E-state index in [9.17, 15) is 4.79 Å². The molecule has 0 aromatic carbocycles. The van der Waals surface area contributed by atoms with Crippen LogP contribution in [0.25, 0.3) is 0 Å². The number of nitrogens with one attached hydrogen (secondary N) is 1. The minimum absolute atomic E-state index is 0.416. The molecule has 0 aliphatic rings. The lowest BCUT2D eigenvalue weighted by molar-refractivity contribution is 0.339. The van der Waals surface area contributed by atoms with Crippen LogP contribution in [0.4, 0.5) is 0 Å². The molecule has 0 radical (unpaired) electrons. The Morgan fingerprint density at radius 3 is 3.00 bits per heavy atom. The molecule has 4 nitrogen and oxygen atoms in total. The van der Waals surface area contributed by atoms with Gasteiger partial charge in [-0.15, -0.1) is 11.3 Å². The number of H-pyrrole nitrogens is 1. The summed E-state index contributed by atoms with van der Waals surface area (Å²) < 4.78 is 10.2. The molecule has 2 heterocycles. The van der Waals surface area contributed by atoms with E-state index in [1.54, 1.807) is 11.3 Å². The zero-order chi connectivity index (χ0) is 11.5. The largest absolute Gasteiger partial charge is 0.493 e. The van der Waals surface area contributed by atoms with E-state index in [2.05, 4.69) is 4.98 Å². The van der Waals surface area contributed by atoms with Gasteiger partial charge in [0, 0.05) is 11.3 Å². The lowest BCUT2D eigenvalue weighted by atomic mass is 10.2. The highest BCUT2D eigenvalue weighted by atomic mass is 32.1. The van der Waals surface area contributed by atoms with Crippen molar-refractivity contribution in [3.8, 4) is 5.75 Å². The first-order valence-corrected chi connectivity index (χ1v) is 5.89. The predicted octanol–water partition coefficient (Wildman–Crippen LogP) is 2.33. The van der Waals surface area contributed by atoms with Gasteiger partial charge in [0.15, 0.2) is 0 Å². The van der Waals surface area contributed by atoms with Crippen molar-refractivity contribution in [2.45, 2.75) is 20.3 Å². The van der Waals surface area contributed by atoms with Crippen LogP contribution in [0.3, 0.4) is 0 Å². The third-order valence-corrected chi connectivity index (χ3v) is 3.15. The molecule has 0 saturated carbocycles. The summed E-state index contributed by atoms with van der Waals surface area (Å²) in [4.78, 5) is 15.8. The molecule has 0 saturated heterocycles. The number of hydrogen-bond donors (Lipinski definition) is 1. The monoisotopic (exact) mass is 239 g/mol. The van der Waals surface area contributed by atoms with Crippen LogP contribution in [-0.4, -0.2) is 11.6 Å². The lowest BCUT2D eigenvalue weighted by Crippen LogP contribution is -1.98. The maximum absolute atomic E-state index is 10.8. The third kappa shape index (κ3) is 2.36. The van der Waals surface area contributed by atoms with Crippen molar-refractivity contribution in [3.05, 3.63) is 38.3 Å². The smallest absolute Gasteiger partial charge is 0.416 e. The highest BCUT2D eigenvalue weighted by Crippen LogP contribution is 2.30. The molecule has 0 fully saturated rings. The molecular formula is C11H13NO3S. The van der Waals surface area contributed by atoms with Crippen molar-refractivity contribution >= 4 is 11.3 Å². The van der Waals surface area contributed by atoms with Crippen LogP contribution >= 0.6 is 11.3 Å². The van der Waals surface area contributed by atoms with Gasteiger partial charge in [0.2, 0.25) is 0 Å².